The van der Waals surface area contributed by atoms with Crippen LogP contribution in [0.15, 0.2) is 66.0 Å². The van der Waals surface area contributed by atoms with Crippen LogP contribution in [0.2, 0.25) is 0 Å². The summed E-state index contributed by atoms with van der Waals surface area (Å²) in [6.45, 7) is 29.9. The number of piperidine rings is 2. The number of nitrogens with one attached hydrogen (secondary N) is 1. The molecule has 6 aliphatic heterocycles. The van der Waals surface area contributed by atoms with Crippen LogP contribution in [-0.4, -0.2) is 86.9 Å². The highest BCUT2D eigenvalue weighted by Crippen LogP contribution is 2.49. The summed E-state index contributed by atoms with van der Waals surface area (Å²) in [7, 11) is 0. The van der Waals surface area contributed by atoms with Gasteiger partial charge in [0.15, 0.2) is 0 Å². The molecule has 3 aromatic carbocycles. The van der Waals surface area contributed by atoms with Crippen LogP contribution in [-0.2, 0) is 19.6 Å². The molecule has 4 amide bonds. The van der Waals surface area contributed by atoms with Gasteiger partial charge in [0, 0.05) is 56.0 Å². The van der Waals surface area contributed by atoms with Crippen molar-refractivity contribution >= 4 is 24.5 Å². The van der Waals surface area contributed by atoms with Gasteiger partial charge in [-0.05, 0) is 133 Å². The average Bonchev–Trinajstić information content (AvgIpc) is 3.33. The third-order valence-electron chi connectivity index (χ3n) is 14.5. The molecule has 6 heterocycles. The van der Waals surface area contributed by atoms with Crippen LogP contribution >= 0.6 is 12.4 Å². The van der Waals surface area contributed by atoms with Crippen molar-refractivity contribution in [1.29, 1.82) is 0 Å². The lowest BCUT2D eigenvalue weighted by atomic mass is 9.81. The van der Waals surface area contributed by atoms with E-state index in [1.807, 2.05) is 0 Å². The number of carbonyl (C=O) groups excluding carboxylic acids is 2. The van der Waals surface area contributed by atoms with Gasteiger partial charge in [-0.25, -0.2) is 9.59 Å². The summed E-state index contributed by atoms with van der Waals surface area (Å²) in [5.41, 5.74) is 17.0. The molecule has 0 unspecified atom stereocenters. The van der Waals surface area contributed by atoms with Crippen LogP contribution in [0.5, 0.6) is 0 Å². The molecule has 60 heavy (non-hydrogen) atoms. The van der Waals surface area contributed by atoms with Gasteiger partial charge < -0.3 is 15.1 Å². The summed E-state index contributed by atoms with van der Waals surface area (Å²) < 4.78 is 0. The van der Waals surface area contributed by atoms with Crippen molar-refractivity contribution < 1.29 is 9.59 Å². The van der Waals surface area contributed by atoms with E-state index in [4.69, 9.17) is 0 Å². The normalized spacial score (nSPS) is 22.8. The van der Waals surface area contributed by atoms with Crippen molar-refractivity contribution in [2.75, 3.05) is 39.3 Å². The number of carbonyl (C=O) groups is 2. The summed E-state index contributed by atoms with van der Waals surface area (Å²) in [6, 6.07) is 16.4. The van der Waals surface area contributed by atoms with Crippen LogP contribution in [0.3, 0.4) is 0 Å². The number of fused-ring (bicyclic) bond motifs is 6. The predicted octanol–water partition coefficient (Wildman–Crippen LogP) is 10.3. The summed E-state index contributed by atoms with van der Waals surface area (Å²) in [4.78, 5) is 38.0. The van der Waals surface area contributed by atoms with Crippen molar-refractivity contribution in [1.82, 2.24) is 29.8 Å². The molecule has 0 bridgehead atoms. The number of likely N-dealkylation sites (tertiary alicyclic amines) is 1. The van der Waals surface area contributed by atoms with Crippen molar-refractivity contribution in [2.24, 2.45) is 0 Å². The van der Waals surface area contributed by atoms with Crippen LogP contribution in [0.1, 0.15) is 126 Å². The first kappa shape index (κ1) is 44.0. The van der Waals surface area contributed by atoms with Crippen LogP contribution in [0.4, 0.5) is 9.59 Å². The van der Waals surface area contributed by atoms with E-state index in [2.05, 4.69) is 154 Å². The molecule has 4 fully saturated rings. The van der Waals surface area contributed by atoms with E-state index in [1.54, 1.807) is 0 Å². The lowest BCUT2D eigenvalue weighted by Crippen LogP contribution is -2.53. The van der Waals surface area contributed by atoms with E-state index in [0.717, 1.165) is 71.5 Å². The molecule has 4 saturated heterocycles. The topological polar surface area (TPSA) is 62.4 Å². The zero-order valence-electron chi connectivity index (χ0n) is 38.0. The molecule has 0 saturated carbocycles. The second-order valence-corrected chi connectivity index (χ2v) is 18.8. The third-order valence-corrected chi connectivity index (χ3v) is 14.5. The van der Waals surface area contributed by atoms with E-state index in [9.17, 15) is 9.59 Å². The number of hydrogen-bond acceptors (Lipinski definition) is 4. The second-order valence-electron chi connectivity index (χ2n) is 18.8. The van der Waals surface area contributed by atoms with Crippen LogP contribution in [0.25, 0.3) is 0 Å². The van der Waals surface area contributed by atoms with Gasteiger partial charge in [0.05, 0.1) is 24.2 Å². The zero-order valence-corrected chi connectivity index (χ0v) is 38.8. The number of aryl methyl sites for hydroxylation is 6. The highest BCUT2D eigenvalue weighted by Gasteiger charge is 2.55. The van der Waals surface area contributed by atoms with Crippen molar-refractivity contribution in [3.8, 4) is 0 Å². The SMILES string of the molecule is CCN1C(=O)N2Cc3cc(C)cc(C)c3[C@H](C)C=C2C12CCN(Cc1cc(C)cc(C)c1)CC2.CCN1C(=O)N2Cc3cc(C)cc(C)c3[C@H](C)C=C2C12CCNCC2.Cl. The number of urea groups is 2. The van der Waals surface area contributed by atoms with Gasteiger partial charge in [-0.15, -0.1) is 12.4 Å². The number of hydrogen-bond donors (Lipinski definition) is 1. The Morgan fingerprint density at radius 3 is 1.45 bits per heavy atom. The van der Waals surface area contributed by atoms with Crippen molar-refractivity contribution in [3.05, 3.63) is 127 Å². The van der Waals surface area contributed by atoms with Crippen LogP contribution < -0.4 is 5.32 Å². The monoisotopic (exact) mass is 833 g/mol. The average molecular weight is 834 g/mol. The Morgan fingerprint density at radius 2 is 1.02 bits per heavy atom. The molecule has 0 radical (unpaired) electrons. The first-order valence-corrected chi connectivity index (χ1v) is 22.5. The standard InChI is InChI=1S/C30H39N3O.C21H29N3O.ClH/c1-7-33-29(34)32-19-26-16-22(4)13-23(5)28(26)24(6)17-27(32)30(33)8-10-31(11-9-30)18-25-14-20(2)12-21(3)15-25;1-5-24-20(25)23-13-17-11-14(2)10-15(3)19(17)16(4)12-18(23)21(24)6-8-22-9-7-21;/h12-17,24H,7-11,18-19H2,1-6H3;10-12,16,22H,5-9,13H2,1-4H3;1H/t24-;16-;/m11./s1. The van der Waals surface area contributed by atoms with Crippen molar-refractivity contribution in [3.63, 3.8) is 0 Å². The molecule has 9 rings (SSSR count). The molecule has 3 aromatic rings. The van der Waals surface area contributed by atoms with E-state index < -0.39 is 0 Å². The lowest BCUT2D eigenvalue weighted by Gasteiger charge is -2.44. The van der Waals surface area contributed by atoms with E-state index in [1.165, 1.54) is 72.6 Å². The highest BCUT2D eigenvalue weighted by molar-refractivity contribution is 5.85. The number of benzene rings is 3. The Hall–Kier alpha value is -4.11. The number of likely N-dealkylation sites (N-methyl/N-ethyl adjacent to an activating group) is 2. The summed E-state index contributed by atoms with van der Waals surface area (Å²) in [5, 5.41) is 3.47. The molecule has 6 aliphatic rings. The summed E-state index contributed by atoms with van der Waals surface area (Å²) in [6.07, 6.45) is 8.82. The molecule has 9 heteroatoms. The molecular formula is C51H69ClN6O2. The fourth-order valence-corrected chi connectivity index (χ4v) is 12.4. The number of halogens is 1. The third kappa shape index (κ3) is 7.49. The minimum absolute atomic E-state index is 0. The Morgan fingerprint density at radius 1 is 0.600 bits per heavy atom. The molecule has 322 valence electrons. The van der Waals surface area contributed by atoms with E-state index >= 15 is 0 Å². The first-order chi connectivity index (χ1) is 28.2. The summed E-state index contributed by atoms with van der Waals surface area (Å²) in [5.74, 6) is 0.650. The maximum absolute atomic E-state index is 13.7. The Labute approximate surface area is 366 Å². The molecule has 2 atom stereocenters. The van der Waals surface area contributed by atoms with Crippen molar-refractivity contribution in [2.45, 2.75) is 137 Å². The minimum atomic E-state index is -0.176. The quantitative estimate of drug-likeness (QED) is 0.285. The van der Waals surface area contributed by atoms with Crippen LogP contribution in [0, 0.1) is 41.5 Å². The Kier molecular flexibility index (Phi) is 12.4. The molecule has 0 aromatic heterocycles. The maximum Gasteiger partial charge on any atom is 0.325 e. The second kappa shape index (κ2) is 17.0. The largest absolute Gasteiger partial charge is 0.325 e. The number of allylic oxidation sites excluding steroid dienone is 2. The predicted molar refractivity (Wildman–Crippen MR) is 247 cm³/mol. The Balaban J connectivity index is 0.000000187. The highest BCUT2D eigenvalue weighted by atomic mass is 35.5. The minimum Gasteiger partial charge on any atom is -0.317 e. The maximum atomic E-state index is 13.7. The van der Waals surface area contributed by atoms with Gasteiger partial charge in [0.25, 0.3) is 0 Å². The number of nitrogens with zero attached hydrogens (tertiary/aromatic N) is 5. The molecule has 8 nitrogen and oxygen atoms in total. The summed E-state index contributed by atoms with van der Waals surface area (Å²) >= 11 is 0. The Bertz CT molecular complexity index is 2190. The zero-order chi connectivity index (χ0) is 42.0. The molecule has 2 spiro atoms. The van der Waals surface area contributed by atoms with Gasteiger partial charge in [0.2, 0.25) is 0 Å². The van der Waals surface area contributed by atoms with E-state index in [-0.39, 0.29) is 35.5 Å². The fourth-order valence-electron chi connectivity index (χ4n) is 12.4. The number of rotatable bonds is 4. The first-order valence-electron chi connectivity index (χ1n) is 22.5. The molecule has 1 N–H and O–H groups in total. The smallest absolute Gasteiger partial charge is 0.317 e. The van der Waals surface area contributed by atoms with Gasteiger partial charge in [0.1, 0.15) is 0 Å². The molecule has 0 aliphatic carbocycles. The van der Waals surface area contributed by atoms with E-state index in [0.29, 0.717) is 24.9 Å². The fraction of sp³-hybridized carbons (Fsp3) is 0.529. The lowest BCUT2D eigenvalue weighted by molar-refractivity contribution is 0.0888. The molecular weight excluding hydrogens is 764 g/mol. The number of amides is 4. The van der Waals surface area contributed by atoms with Gasteiger partial charge in [-0.3, -0.25) is 14.7 Å². The van der Waals surface area contributed by atoms with Gasteiger partial charge in [-0.2, -0.15) is 0 Å². The van der Waals surface area contributed by atoms with Gasteiger partial charge >= 0.3 is 12.1 Å². The van der Waals surface area contributed by atoms with Gasteiger partial charge in [-0.1, -0.05) is 90.7 Å².